The zero-order chi connectivity index (χ0) is 23.8. The van der Waals surface area contributed by atoms with E-state index in [2.05, 4.69) is 5.32 Å². The normalized spacial score (nSPS) is 16.8. The molecular weight excluding hydrogens is 538 g/mol. The number of nitrogens with one attached hydrogen (secondary N) is 1. The van der Waals surface area contributed by atoms with Gasteiger partial charge in [-0.1, -0.05) is 20.8 Å². The smallest absolute Gasteiger partial charge is 0.407 e. The SMILES string of the molecule is CC(C)(C)C1CN(C(=O)c2ccc(F)c(F)c2Nc2ccc(I)cc2F)CCN1C(=O)O. The van der Waals surface area contributed by atoms with E-state index in [9.17, 15) is 27.9 Å². The van der Waals surface area contributed by atoms with Gasteiger partial charge in [0.2, 0.25) is 0 Å². The Morgan fingerprint density at radius 2 is 1.78 bits per heavy atom. The summed E-state index contributed by atoms with van der Waals surface area (Å²) in [6.45, 7) is 5.86. The lowest BCUT2D eigenvalue weighted by Gasteiger charge is -2.46. The van der Waals surface area contributed by atoms with Gasteiger partial charge in [0, 0.05) is 23.2 Å². The van der Waals surface area contributed by atoms with E-state index >= 15 is 0 Å². The van der Waals surface area contributed by atoms with Crippen molar-refractivity contribution in [2.24, 2.45) is 5.41 Å². The minimum absolute atomic E-state index is 0.0845. The van der Waals surface area contributed by atoms with Crippen molar-refractivity contribution in [1.29, 1.82) is 0 Å². The Hall–Kier alpha value is -2.50. The van der Waals surface area contributed by atoms with Gasteiger partial charge in [0.15, 0.2) is 11.6 Å². The first kappa shape index (κ1) is 24.1. The molecule has 0 aliphatic carbocycles. The van der Waals surface area contributed by atoms with Crippen LogP contribution in [0.4, 0.5) is 29.3 Å². The molecule has 1 saturated heterocycles. The second kappa shape index (κ2) is 9.16. The number of halogens is 4. The predicted molar refractivity (Wildman–Crippen MR) is 123 cm³/mol. The summed E-state index contributed by atoms with van der Waals surface area (Å²) in [7, 11) is 0. The van der Waals surface area contributed by atoms with Crippen LogP contribution in [0.3, 0.4) is 0 Å². The third-order valence-corrected chi connectivity index (χ3v) is 6.10. The van der Waals surface area contributed by atoms with Gasteiger partial charge in [0.05, 0.1) is 23.0 Å². The average molecular weight is 561 g/mol. The van der Waals surface area contributed by atoms with Crippen molar-refractivity contribution in [2.45, 2.75) is 26.8 Å². The molecule has 2 N–H and O–H groups in total. The Labute approximate surface area is 197 Å². The lowest BCUT2D eigenvalue weighted by Crippen LogP contribution is -2.60. The van der Waals surface area contributed by atoms with E-state index in [4.69, 9.17) is 0 Å². The number of hydrogen-bond acceptors (Lipinski definition) is 3. The van der Waals surface area contributed by atoms with Crippen molar-refractivity contribution in [3.63, 3.8) is 0 Å². The minimum atomic E-state index is -1.30. The van der Waals surface area contributed by atoms with Crippen LogP contribution < -0.4 is 5.32 Å². The highest BCUT2D eigenvalue weighted by atomic mass is 127. The molecule has 0 spiro atoms. The predicted octanol–water partition coefficient (Wildman–Crippen LogP) is 5.30. The molecule has 3 rings (SSSR count). The quantitative estimate of drug-likeness (QED) is 0.499. The summed E-state index contributed by atoms with van der Waals surface area (Å²) in [5.41, 5.74) is -1.20. The summed E-state index contributed by atoms with van der Waals surface area (Å²) in [4.78, 5) is 27.6. The number of carboxylic acid groups (broad SMARTS) is 1. The average Bonchev–Trinajstić information content (AvgIpc) is 2.71. The molecule has 2 amide bonds. The third kappa shape index (κ3) is 4.94. The highest BCUT2D eigenvalue weighted by molar-refractivity contribution is 14.1. The van der Waals surface area contributed by atoms with Gasteiger partial charge in [-0.3, -0.25) is 4.79 Å². The number of benzene rings is 2. The van der Waals surface area contributed by atoms with Gasteiger partial charge in [-0.15, -0.1) is 0 Å². The summed E-state index contributed by atoms with van der Waals surface area (Å²) in [6, 6.07) is 5.67. The van der Waals surface area contributed by atoms with Crippen molar-refractivity contribution >= 4 is 46.0 Å². The molecule has 2 aromatic carbocycles. The largest absolute Gasteiger partial charge is 0.465 e. The van der Waals surface area contributed by atoms with Crippen molar-refractivity contribution in [2.75, 3.05) is 25.0 Å². The monoisotopic (exact) mass is 561 g/mol. The Morgan fingerprint density at radius 1 is 1.09 bits per heavy atom. The maximum Gasteiger partial charge on any atom is 0.407 e. The van der Waals surface area contributed by atoms with Crippen LogP contribution in [0.1, 0.15) is 31.1 Å². The van der Waals surface area contributed by atoms with Crippen LogP contribution in [0.15, 0.2) is 30.3 Å². The van der Waals surface area contributed by atoms with Crippen LogP contribution in [-0.4, -0.2) is 52.6 Å². The molecule has 1 aliphatic heterocycles. The number of piperazine rings is 1. The summed E-state index contributed by atoms with van der Waals surface area (Å²) in [6.07, 6.45) is -1.08. The molecule has 1 fully saturated rings. The molecule has 6 nitrogen and oxygen atoms in total. The molecule has 0 radical (unpaired) electrons. The molecule has 1 unspecified atom stereocenters. The molecular formula is C22H23F3IN3O3. The topological polar surface area (TPSA) is 72.9 Å². The first-order valence-corrected chi connectivity index (χ1v) is 11.0. The van der Waals surface area contributed by atoms with E-state index in [1.54, 1.807) is 6.07 Å². The molecule has 1 atom stereocenters. The molecule has 10 heteroatoms. The molecule has 0 bridgehead atoms. The van der Waals surface area contributed by atoms with Gasteiger partial charge >= 0.3 is 6.09 Å². The van der Waals surface area contributed by atoms with Crippen molar-refractivity contribution in [3.8, 4) is 0 Å². The number of hydrogen-bond donors (Lipinski definition) is 2. The maximum atomic E-state index is 14.7. The second-order valence-electron chi connectivity index (χ2n) is 8.64. The van der Waals surface area contributed by atoms with E-state index in [1.807, 2.05) is 43.4 Å². The van der Waals surface area contributed by atoms with Crippen LogP contribution in [-0.2, 0) is 0 Å². The number of rotatable bonds is 3. The number of amides is 2. The van der Waals surface area contributed by atoms with Crippen LogP contribution in [0.2, 0.25) is 0 Å². The molecule has 32 heavy (non-hydrogen) atoms. The maximum absolute atomic E-state index is 14.7. The van der Waals surface area contributed by atoms with Gasteiger partial charge < -0.3 is 20.2 Å². The number of nitrogens with zero attached hydrogens (tertiary/aromatic N) is 2. The Bertz CT molecular complexity index is 1060. The Morgan fingerprint density at radius 3 is 2.38 bits per heavy atom. The van der Waals surface area contributed by atoms with Crippen LogP contribution in [0.25, 0.3) is 0 Å². The summed E-state index contributed by atoms with van der Waals surface area (Å²) >= 11 is 1.92. The first-order valence-electron chi connectivity index (χ1n) is 9.89. The number of carbonyl (C=O) groups is 2. The molecule has 1 aliphatic rings. The zero-order valence-electron chi connectivity index (χ0n) is 17.8. The number of anilines is 2. The van der Waals surface area contributed by atoms with Gasteiger partial charge in [-0.05, 0) is 58.3 Å². The summed E-state index contributed by atoms with van der Waals surface area (Å²) in [5, 5.41) is 12.0. The highest BCUT2D eigenvalue weighted by Gasteiger charge is 2.40. The van der Waals surface area contributed by atoms with Gasteiger partial charge in [-0.25, -0.2) is 18.0 Å². The lowest BCUT2D eigenvalue weighted by molar-refractivity contribution is 0.0198. The van der Waals surface area contributed by atoms with Crippen LogP contribution >= 0.6 is 22.6 Å². The minimum Gasteiger partial charge on any atom is -0.465 e. The van der Waals surface area contributed by atoms with Crippen LogP contribution in [0, 0.1) is 26.4 Å². The zero-order valence-corrected chi connectivity index (χ0v) is 19.9. The first-order chi connectivity index (χ1) is 14.9. The summed E-state index contributed by atoms with van der Waals surface area (Å²) < 4.78 is 43.6. The third-order valence-electron chi connectivity index (χ3n) is 5.43. The van der Waals surface area contributed by atoms with Crippen LogP contribution in [0.5, 0.6) is 0 Å². The van der Waals surface area contributed by atoms with Gasteiger partial charge in [-0.2, -0.15) is 0 Å². The van der Waals surface area contributed by atoms with E-state index in [0.717, 1.165) is 12.1 Å². The van der Waals surface area contributed by atoms with E-state index in [-0.39, 0.29) is 30.9 Å². The molecule has 172 valence electrons. The summed E-state index contributed by atoms with van der Waals surface area (Å²) in [5.74, 6) is -3.76. The van der Waals surface area contributed by atoms with E-state index < -0.39 is 46.6 Å². The van der Waals surface area contributed by atoms with Crippen molar-refractivity contribution < 1.29 is 27.9 Å². The molecule has 1 heterocycles. The Balaban J connectivity index is 1.96. The highest BCUT2D eigenvalue weighted by Crippen LogP contribution is 2.32. The lowest BCUT2D eigenvalue weighted by atomic mass is 9.84. The molecule has 0 aromatic heterocycles. The van der Waals surface area contributed by atoms with E-state index in [1.165, 1.54) is 21.9 Å². The second-order valence-corrected chi connectivity index (χ2v) is 9.89. The fourth-order valence-electron chi connectivity index (χ4n) is 3.68. The van der Waals surface area contributed by atoms with Crippen molar-refractivity contribution in [1.82, 2.24) is 9.80 Å². The molecule has 2 aromatic rings. The Kier molecular flexibility index (Phi) is 6.91. The van der Waals surface area contributed by atoms with E-state index in [0.29, 0.717) is 3.57 Å². The van der Waals surface area contributed by atoms with Gasteiger partial charge in [0.25, 0.3) is 5.91 Å². The van der Waals surface area contributed by atoms with Crippen molar-refractivity contribution in [3.05, 3.63) is 56.9 Å². The number of carbonyl (C=O) groups excluding carboxylic acids is 1. The molecule has 0 saturated carbocycles. The van der Waals surface area contributed by atoms with Gasteiger partial charge in [0.1, 0.15) is 5.82 Å². The fraction of sp³-hybridized carbons (Fsp3) is 0.364. The standard InChI is InChI=1S/C22H23F3IN3O3/c1-22(2,3)17-11-28(8-9-29(17)21(31)32)20(30)13-5-6-14(23)18(25)19(13)27-16-7-4-12(26)10-15(16)24/h4-7,10,17,27H,8-9,11H2,1-3H3,(H,31,32). The fourth-order valence-corrected chi connectivity index (χ4v) is 4.14.